The first-order chi connectivity index (χ1) is 11.1. The standard InChI is InChI=1S/C20H24N2O/c1-20(14-21(2)3)13-19-17-10-6-4-8-15(17)12-16-9-5-7-11-18(16)22(19)23-20/h4-11,19H,12-14H2,1-3H3. The highest BCUT2D eigenvalue weighted by molar-refractivity contribution is 5.59. The fourth-order valence-corrected chi connectivity index (χ4v) is 4.15. The Morgan fingerprint density at radius 2 is 1.78 bits per heavy atom. The molecule has 0 bridgehead atoms. The molecule has 120 valence electrons. The average molecular weight is 308 g/mol. The molecular formula is C20H24N2O. The van der Waals surface area contributed by atoms with Crippen molar-refractivity contribution in [1.29, 1.82) is 0 Å². The van der Waals surface area contributed by atoms with Crippen LogP contribution in [0.4, 0.5) is 5.69 Å². The first-order valence-electron chi connectivity index (χ1n) is 8.34. The summed E-state index contributed by atoms with van der Waals surface area (Å²) in [5, 5.41) is 2.17. The Bertz CT molecular complexity index is 672. The molecule has 2 aromatic carbocycles. The quantitative estimate of drug-likeness (QED) is 0.839. The summed E-state index contributed by atoms with van der Waals surface area (Å²) in [6.07, 6.45) is 1.99. The number of hydrogen-bond acceptors (Lipinski definition) is 3. The minimum absolute atomic E-state index is 0.161. The third-order valence-electron chi connectivity index (χ3n) is 4.90. The van der Waals surface area contributed by atoms with Gasteiger partial charge in [-0.05, 0) is 50.2 Å². The molecule has 0 saturated carbocycles. The van der Waals surface area contributed by atoms with Gasteiger partial charge in [0, 0.05) is 13.0 Å². The van der Waals surface area contributed by atoms with Crippen molar-refractivity contribution >= 4 is 5.69 Å². The van der Waals surface area contributed by atoms with E-state index in [1.54, 1.807) is 0 Å². The third kappa shape index (κ3) is 2.54. The maximum Gasteiger partial charge on any atom is 0.108 e. The van der Waals surface area contributed by atoms with Crippen molar-refractivity contribution in [1.82, 2.24) is 4.90 Å². The maximum absolute atomic E-state index is 6.52. The van der Waals surface area contributed by atoms with Gasteiger partial charge in [-0.3, -0.25) is 4.84 Å². The maximum atomic E-state index is 6.52. The van der Waals surface area contributed by atoms with Gasteiger partial charge in [-0.15, -0.1) is 0 Å². The van der Waals surface area contributed by atoms with Crippen molar-refractivity contribution in [2.24, 2.45) is 0 Å². The Balaban J connectivity index is 1.82. The van der Waals surface area contributed by atoms with E-state index in [0.29, 0.717) is 6.04 Å². The average Bonchev–Trinajstić information content (AvgIpc) is 2.78. The number of likely N-dealkylation sites (N-methyl/N-ethyl adjacent to an activating group) is 1. The van der Waals surface area contributed by atoms with E-state index in [1.807, 2.05) is 0 Å². The zero-order chi connectivity index (χ0) is 16.0. The van der Waals surface area contributed by atoms with E-state index in [2.05, 4.69) is 79.5 Å². The number of benzene rings is 2. The van der Waals surface area contributed by atoms with Crippen molar-refractivity contribution in [3.8, 4) is 0 Å². The summed E-state index contributed by atoms with van der Waals surface area (Å²) in [6, 6.07) is 17.8. The second-order valence-corrected chi connectivity index (χ2v) is 7.33. The Morgan fingerprint density at radius 1 is 1.09 bits per heavy atom. The van der Waals surface area contributed by atoms with Crippen LogP contribution < -0.4 is 5.06 Å². The van der Waals surface area contributed by atoms with Crippen molar-refractivity contribution in [2.75, 3.05) is 25.7 Å². The van der Waals surface area contributed by atoms with Crippen LogP contribution in [-0.2, 0) is 11.3 Å². The van der Waals surface area contributed by atoms with Crippen molar-refractivity contribution < 1.29 is 4.84 Å². The lowest BCUT2D eigenvalue weighted by Crippen LogP contribution is -2.38. The van der Waals surface area contributed by atoms with Gasteiger partial charge in [0.25, 0.3) is 0 Å². The van der Waals surface area contributed by atoms with Crippen LogP contribution in [0.15, 0.2) is 48.5 Å². The predicted octanol–water partition coefficient (Wildman–Crippen LogP) is 3.79. The summed E-state index contributed by atoms with van der Waals surface area (Å²) in [4.78, 5) is 8.73. The number of hydrogen-bond donors (Lipinski definition) is 0. The second-order valence-electron chi connectivity index (χ2n) is 7.33. The molecule has 2 aliphatic heterocycles. The molecule has 2 heterocycles. The van der Waals surface area contributed by atoms with Crippen LogP contribution in [-0.4, -0.2) is 31.1 Å². The number of fused-ring (bicyclic) bond motifs is 5. The molecule has 23 heavy (non-hydrogen) atoms. The minimum Gasteiger partial charge on any atom is -0.306 e. The summed E-state index contributed by atoms with van der Waals surface area (Å²) < 4.78 is 0. The molecular weight excluding hydrogens is 284 g/mol. The Labute approximate surface area is 138 Å². The highest BCUT2D eigenvalue weighted by Crippen LogP contribution is 2.47. The van der Waals surface area contributed by atoms with Gasteiger partial charge in [0.05, 0.1) is 11.7 Å². The van der Waals surface area contributed by atoms with Gasteiger partial charge in [-0.25, -0.2) is 5.06 Å². The molecule has 3 nitrogen and oxygen atoms in total. The van der Waals surface area contributed by atoms with Crippen LogP contribution in [0.5, 0.6) is 0 Å². The first kappa shape index (κ1) is 14.7. The van der Waals surface area contributed by atoms with E-state index < -0.39 is 0 Å². The van der Waals surface area contributed by atoms with Crippen molar-refractivity contribution in [3.63, 3.8) is 0 Å². The highest BCUT2D eigenvalue weighted by atomic mass is 16.7. The normalized spacial score (nSPS) is 25.7. The fraction of sp³-hybridized carbons (Fsp3) is 0.400. The zero-order valence-corrected chi connectivity index (χ0v) is 14.1. The topological polar surface area (TPSA) is 15.7 Å². The van der Waals surface area contributed by atoms with Gasteiger partial charge in [-0.2, -0.15) is 0 Å². The number of nitrogens with zero attached hydrogens (tertiary/aromatic N) is 2. The molecule has 1 saturated heterocycles. The zero-order valence-electron chi connectivity index (χ0n) is 14.1. The lowest BCUT2D eigenvalue weighted by atomic mass is 9.90. The molecule has 0 spiro atoms. The van der Waals surface area contributed by atoms with Crippen LogP contribution in [0.1, 0.15) is 36.1 Å². The molecule has 0 aliphatic carbocycles. The molecule has 0 radical (unpaired) electrons. The monoisotopic (exact) mass is 308 g/mol. The van der Waals surface area contributed by atoms with Gasteiger partial charge >= 0.3 is 0 Å². The molecule has 0 amide bonds. The molecule has 0 N–H and O–H groups in total. The summed E-state index contributed by atoms with van der Waals surface area (Å²) in [5.74, 6) is 0. The summed E-state index contributed by atoms with van der Waals surface area (Å²) in [5.41, 5.74) is 5.23. The van der Waals surface area contributed by atoms with E-state index >= 15 is 0 Å². The fourth-order valence-electron chi connectivity index (χ4n) is 4.15. The minimum atomic E-state index is -0.161. The molecule has 2 atom stereocenters. The van der Waals surface area contributed by atoms with E-state index in [-0.39, 0.29) is 5.60 Å². The van der Waals surface area contributed by atoms with Crippen LogP contribution in [0.25, 0.3) is 0 Å². The van der Waals surface area contributed by atoms with Gasteiger partial charge in [0.1, 0.15) is 5.60 Å². The van der Waals surface area contributed by atoms with Crippen LogP contribution in [0, 0.1) is 0 Å². The molecule has 2 unspecified atom stereocenters. The van der Waals surface area contributed by atoms with Crippen LogP contribution in [0.2, 0.25) is 0 Å². The van der Waals surface area contributed by atoms with Crippen molar-refractivity contribution in [3.05, 3.63) is 65.2 Å². The van der Waals surface area contributed by atoms with Gasteiger partial charge in [-0.1, -0.05) is 42.5 Å². The van der Waals surface area contributed by atoms with Crippen LogP contribution in [0.3, 0.4) is 0 Å². The van der Waals surface area contributed by atoms with Crippen molar-refractivity contribution in [2.45, 2.75) is 31.4 Å². The summed E-state index contributed by atoms with van der Waals surface area (Å²) >= 11 is 0. The van der Waals surface area contributed by atoms with Gasteiger partial charge in [0.15, 0.2) is 0 Å². The Morgan fingerprint density at radius 3 is 2.57 bits per heavy atom. The second kappa shape index (κ2) is 5.36. The van der Waals surface area contributed by atoms with Gasteiger partial charge in [0.2, 0.25) is 0 Å². The first-order valence-corrected chi connectivity index (χ1v) is 8.34. The molecule has 0 aromatic heterocycles. The van der Waals surface area contributed by atoms with Crippen LogP contribution >= 0.6 is 0 Å². The van der Waals surface area contributed by atoms with E-state index in [0.717, 1.165) is 19.4 Å². The van der Waals surface area contributed by atoms with E-state index in [1.165, 1.54) is 22.4 Å². The van der Waals surface area contributed by atoms with Gasteiger partial charge < -0.3 is 4.90 Å². The predicted molar refractivity (Wildman–Crippen MR) is 93.6 cm³/mol. The number of anilines is 1. The lowest BCUT2D eigenvalue weighted by molar-refractivity contribution is -0.0154. The number of para-hydroxylation sites is 1. The number of hydroxylamine groups is 1. The molecule has 2 aliphatic rings. The smallest absolute Gasteiger partial charge is 0.108 e. The Hall–Kier alpha value is -1.84. The molecule has 3 heteroatoms. The largest absolute Gasteiger partial charge is 0.306 e. The third-order valence-corrected chi connectivity index (χ3v) is 4.90. The van der Waals surface area contributed by atoms with E-state index in [9.17, 15) is 0 Å². The van der Waals surface area contributed by atoms with E-state index in [4.69, 9.17) is 4.84 Å². The SMILES string of the molecule is CN(C)CC1(C)CC2c3ccccc3Cc3ccccc3N2O1. The Kier molecular flexibility index (Phi) is 3.43. The molecule has 1 fully saturated rings. The molecule has 2 aromatic rings. The lowest BCUT2D eigenvalue weighted by Gasteiger charge is -2.29. The highest BCUT2D eigenvalue weighted by Gasteiger charge is 2.45. The molecule has 4 rings (SSSR count). The summed E-state index contributed by atoms with van der Waals surface area (Å²) in [7, 11) is 4.22. The number of rotatable bonds is 2. The summed E-state index contributed by atoms with van der Waals surface area (Å²) in [6.45, 7) is 3.15.